The summed E-state index contributed by atoms with van der Waals surface area (Å²) in [6, 6.07) is 6.89. The number of piperazine rings is 1. The maximum absolute atomic E-state index is 12.2. The summed E-state index contributed by atoms with van der Waals surface area (Å²) in [6.07, 6.45) is -0.323. The van der Waals surface area contributed by atoms with Crippen molar-refractivity contribution in [2.45, 2.75) is 39.3 Å². The van der Waals surface area contributed by atoms with Crippen LogP contribution >= 0.6 is 0 Å². The summed E-state index contributed by atoms with van der Waals surface area (Å²) in [5, 5.41) is 9.32. The zero-order valence-corrected chi connectivity index (χ0v) is 14.1. The first-order valence-electron chi connectivity index (χ1n) is 7.76. The number of carboxylic acids is 1. The second-order valence-corrected chi connectivity index (χ2v) is 6.79. The lowest BCUT2D eigenvalue weighted by Gasteiger charge is -2.41. The summed E-state index contributed by atoms with van der Waals surface area (Å²) in [5.74, 6) is -0.942. The molecule has 0 aromatic heterocycles. The Morgan fingerprint density at radius 1 is 1.22 bits per heavy atom. The lowest BCUT2D eigenvalue weighted by molar-refractivity contribution is 0.0158. The molecule has 1 fully saturated rings. The number of nitrogens with zero attached hydrogens (tertiary/aromatic N) is 2. The van der Waals surface area contributed by atoms with Gasteiger partial charge < -0.3 is 19.6 Å². The van der Waals surface area contributed by atoms with Crippen LogP contribution < -0.4 is 4.90 Å². The van der Waals surface area contributed by atoms with Crippen molar-refractivity contribution in [2.24, 2.45) is 0 Å². The third-order valence-electron chi connectivity index (χ3n) is 3.73. The fourth-order valence-corrected chi connectivity index (χ4v) is 2.70. The largest absolute Gasteiger partial charge is 0.478 e. The predicted molar refractivity (Wildman–Crippen MR) is 88.0 cm³/mol. The molecule has 23 heavy (non-hydrogen) atoms. The maximum Gasteiger partial charge on any atom is 0.410 e. The van der Waals surface area contributed by atoms with Gasteiger partial charge in [0.1, 0.15) is 5.60 Å². The molecule has 1 saturated heterocycles. The van der Waals surface area contributed by atoms with Crippen LogP contribution in [0.5, 0.6) is 0 Å². The number of para-hydroxylation sites is 1. The molecule has 1 N–H and O–H groups in total. The van der Waals surface area contributed by atoms with Crippen LogP contribution in [0.15, 0.2) is 24.3 Å². The summed E-state index contributed by atoms with van der Waals surface area (Å²) in [5.41, 5.74) is 0.449. The van der Waals surface area contributed by atoms with Crippen LogP contribution in [0, 0.1) is 0 Å². The fourth-order valence-electron chi connectivity index (χ4n) is 2.70. The van der Waals surface area contributed by atoms with Gasteiger partial charge in [-0.05, 0) is 39.8 Å². The van der Waals surface area contributed by atoms with Crippen LogP contribution in [0.25, 0.3) is 0 Å². The van der Waals surface area contributed by atoms with E-state index in [0.717, 1.165) is 0 Å². The summed E-state index contributed by atoms with van der Waals surface area (Å²) >= 11 is 0. The number of carbonyl (C=O) groups excluding carboxylic acids is 1. The zero-order chi connectivity index (χ0) is 17.2. The number of rotatable bonds is 2. The van der Waals surface area contributed by atoms with Crippen molar-refractivity contribution in [2.75, 3.05) is 24.5 Å². The minimum atomic E-state index is -0.942. The molecular weight excluding hydrogens is 296 g/mol. The van der Waals surface area contributed by atoms with Crippen molar-refractivity contribution >= 4 is 17.7 Å². The van der Waals surface area contributed by atoms with Gasteiger partial charge in [0, 0.05) is 25.7 Å². The molecule has 126 valence electrons. The highest BCUT2D eigenvalue weighted by Crippen LogP contribution is 2.24. The number of carboxylic acid groups (broad SMARTS) is 1. The molecule has 0 saturated carbocycles. The predicted octanol–water partition coefficient (Wildman–Crippen LogP) is 2.83. The van der Waals surface area contributed by atoms with E-state index in [4.69, 9.17) is 4.74 Å². The second kappa shape index (κ2) is 6.48. The first-order valence-corrected chi connectivity index (χ1v) is 7.76. The Labute approximate surface area is 136 Å². The van der Waals surface area contributed by atoms with E-state index in [1.807, 2.05) is 38.7 Å². The topological polar surface area (TPSA) is 70.1 Å². The smallest absolute Gasteiger partial charge is 0.410 e. The molecule has 0 bridgehead atoms. The monoisotopic (exact) mass is 320 g/mol. The molecular formula is C17H24N2O4. The Kier molecular flexibility index (Phi) is 4.82. The van der Waals surface area contributed by atoms with Crippen LogP contribution in [-0.4, -0.2) is 53.3 Å². The average Bonchev–Trinajstić information content (AvgIpc) is 2.45. The Morgan fingerprint density at radius 3 is 2.43 bits per heavy atom. The van der Waals surface area contributed by atoms with E-state index >= 15 is 0 Å². The first-order chi connectivity index (χ1) is 10.7. The van der Waals surface area contributed by atoms with Crippen LogP contribution in [-0.2, 0) is 4.74 Å². The molecule has 1 aliphatic heterocycles. The molecule has 6 nitrogen and oxygen atoms in total. The quantitative estimate of drug-likeness (QED) is 0.907. The average molecular weight is 320 g/mol. The Hall–Kier alpha value is -2.24. The second-order valence-electron chi connectivity index (χ2n) is 6.79. The number of amides is 1. The minimum Gasteiger partial charge on any atom is -0.478 e. The molecule has 0 aliphatic carbocycles. The number of aromatic carboxylic acids is 1. The van der Waals surface area contributed by atoms with Gasteiger partial charge in [-0.25, -0.2) is 9.59 Å². The number of carbonyl (C=O) groups is 2. The van der Waals surface area contributed by atoms with Crippen molar-refractivity contribution < 1.29 is 19.4 Å². The maximum atomic E-state index is 12.2. The molecule has 1 aromatic rings. The molecule has 1 aliphatic rings. The Morgan fingerprint density at radius 2 is 1.87 bits per heavy atom. The van der Waals surface area contributed by atoms with E-state index < -0.39 is 11.6 Å². The normalized spacial score (nSPS) is 18.7. The van der Waals surface area contributed by atoms with Crippen molar-refractivity contribution in [1.29, 1.82) is 0 Å². The van der Waals surface area contributed by atoms with E-state index in [9.17, 15) is 14.7 Å². The molecule has 1 heterocycles. The summed E-state index contributed by atoms with van der Waals surface area (Å²) in [7, 11) is 0. The summed E-state index contributed by atoms with van der Waals surface area (Å²) in [6.45, 7) is 9.12. The number of hydrogen-bond donors (Lipinski definition) is 1. The zero-order valence-electron chi connectivity index (χ0n) is 14.1. The van der Waals surface area contributed by atoms with Crippen LogP contribution in [0.1, 0.15) is 38.1 Å². The van der Waals surface area contributed by atoms with Crippen LogP contribution in [0.2, 0.25) is 0 Å². The van der Waals surface area contributed by atoms with Gasteiger partial charge in [0.2, 0.25) is 0 Å². The third-order valence-corrected chi connectivity index (χ3v) is 3.73. The van der Waals surface area contributed by atoms with Gasteiger partial charge in [-0.15, -0.1) is 0 Å². The van der Waals surface area contributed by atoms with Gasteiger partial charge in [0.15, 0.2) is 0 Å². The van der Waals surface area contributed by atoms with Gasteiger partial charge in [0.05, 0.1) is 11.3 Å². The molecule has 0 radical (unpaired) electrons. The lowest BCUT2D eigenvalue weighted by atomic mass is 10.1. The molecule has 1 amide bonds. The molecule has 1 atom stereocenters. The standard InChI is InChI=1S/C17H24N2O4/c1-12-11-18(14-8-6-5-7-13(14)15(20)21)9-10-19(12)16(22)23-17(2,3)4/h5-8,12H,9-11H2,1-4H3,(H,20,21)/t12-/m0/s1. The fraction of sp³-hybridized carbons (Fsp3) is 0.529. The molecule has 0 spiro atoms. The third kappa shape index (κ3) is 4.15. The van der Waals surface area contributed by atoms with Gasteiger partial charge >= 0.3 is 12.1 Å². The molecule has 6 heteroatoms. The van der Waals surface area contributed by atoms with Gasteiger partial charge in [-0.3, -0.25) is 0 Å². The van der Waals surface area contributed by atoms with Crippen molar-refractivity contribution in [1.82, 2.24) is 4.90 Å². The number of benzene rings is 1. The lowest BCUT2D eigenvalue weighted by Crippen LogP contribution is -2.55. The van der Waals surface area contributed by atoms with Crippen molar-refractivity contribution in [3.05, 3.63) is 29.8 Å². The minimum absolute atomic E-state index is 0.0551. The van der Waals surface area contributed by atoms with E-state index in [-0.39, 0.29) is 17.7 Å². The number of hydrogen-bond acceptors (Lipinski definition) is 4. The van der Waals surface area contributed by atoms with Crippen LogP contribution in [0.3, 0.4) is 0 Å². The van der Waals surface area contributed by atoms with Crippen molar-refractivity contribution in [3.8, 4) is 0 Å². The van der Waals surface area contributed by atoms with E-state index in [1.165, 1.54) is 0 Å². The Balaban J connectivity index is 2.10. The SMILES string of the molecule is C[C@H]1CN(c2ccccc2C(=O)O)CCN1C(=O)OC(C)(C)C. The van der Waals surface area contributed by atoms with E-state index in [1.54, 1.807) is 23.1 Å². The summed E-state index contributed by atoms with van der Waals surface area (Å²) < 4.78 is 5.42. The Bertz CT molecular complexity index is 595. The number of ether oxygens (including phenoxy) is 1. The van der Waals surface area contributed by atoms with E-state index in [0.29, 0.717) is 25.3 Å². The van der Waals surface area contributed by atoms with Gasteiger partial charge in [-0.2, -0.15) is 0 Å². The van der Waals surface area contributed by atoms with E-state index in [2.05, 4.69) is 0 Å². The molecule has 0 unspecified atom stereocenters. The first kappa shape index (κ1) is 17.1. The summed E-state index contributed by atoms with van der Waals surface area (Å²) in [4.78, 5) is 27.3. The van der Waals surface area contributed by atoms with Gasteiger partial charge in [0.25, 0.3) is 0 Å². The highest BCUT2D eigenvalue weighted by Gasteiger charge is 2.31. The van der Waals surface area contributed by atoms with Crippen LogP contribution in [0.4, 0.5) is 10.5 Å². The molecule has 2 rings (SSSR count). The highest BCUT2D eigenvalue weighted by atomic mass is 16.6. The highest BCUT2D eigenvalue weighted by molar-refractivity contribution is 5.94. The van der Waals surface area contributed by atoms with Crippen molar-refractivity contribution in [3.63, 3.8) is 0 Å². The van der Waals surface area contributed by atoms with Gasteiger partial charge in [-0.1, -0.05) is 12.1 Å². The molecule has 1 aromatic carbocycles. The number of anilines is 1.